The van der Waals surface area contributed by atoms with Gasteiger partial charge in [-0.3, -0.25) is 0 Å². The topological polar surface area (TPSA) is 59.1 Å². The van der Waals surface area contributed by atoms with E-state index >= 15 is 0 Å². The van der Waals surface area contributed by atoms with Crippen LogP contribution in [0.25, 0.3) is 0 Å². The van der Waals surface area contributed by atoms with Crippen LogP contribution in [0.2, 0.25) is 0 Å². The minimum Gasteiger partial charge on any atom is -0.388 e. The van der Waals surface area contributed by atoms with Gasteiger partial charge in [0.25, 0.3) is 0 Å². The standard InChI is InChI=1S/C9H14N2O/c1-3-8(12)7-4-6(2)9(10)11-5-7/h4-5,8,12H,3H2,1-2H3,(H2,10,11)/t8-/m0/s1. The number of hydrogen-bond acceptors (Lipinski definition) is 3. The number of pyridine rings is 1. The number of nitrogens with two attached hydrogens (primary N) is 1. The van der Waals surface area contributed by atoms with Gasteiger partial charge in [-0.1, -0.05) is 6.92 Å². The number of anilines is 1. The molecule has 0 fully saturated rings. The molecule has 1 atom stereocenters. The second-order valence-corrected chi connectivity index (χ2v) is 2.89. The molecule has 1 rings (SSSR count). The number of aliphatic hydroxyl groups excluding tert-OH is 1. The fourth-order valence-corrected chi connectivity index (χ4v) is 1.03. The van der Waals surface area contributed by atoms with Crippen molar-refractivity contribution < 1.29 is 5.11 Å². The van der Waals surface area contributed by atoms with Crippen molar-refractivity contribution in [3.8, 4) is 0 Å². The van der Waals surface area contributed by atoms with Crippen LogP contribution in [0.4, 0.5) is 5.82 Å². The summed E-state index contributed by atoms with van der Waals surface area (Å²) in [5.74, 6) is 0.530. The summed E-state index contributed by atoms with van der Waals surface area (Å²) in [6.07, 6.45) is 1.90. The highest BCUT2D eigenvalue weighted by Crippen LogP contribution is 2.18. The Balaban J connectivity index is 2.96. The second-order valence-electron chi connectivity index (χ2n) is 2.89. The Bertz CT molecular complexity index is 273. The zero-order valence-corrected chi connectivity index (χ0v) is 7.41. The fourth-order valence-electron chi connectivity index (χ4n) is 1.03. The minimum atomic E-state index is -0.420. The molecule has 1 heterocycles. The van der Waals surface area contributed by atoms with E-state index in [1.165, 1.54) is 0 Å². The van der Waals surface area contributed by atoms with Crippen LogP contribution < -0.4 is 5.73 Å². The molecular weight excluding hydrogens is 152 g/mol. The van der Waals surface area contributed by atoms with Crippen molar-refractivity contribution in [2.24, 2.45) is 0 Å². The molecule has 1 aromatic heterocycles. The van der Waals surface area contributed by atoms with Crippen LogP contribution in [0.15, 0.2) is 12.3 Å². The summed E-state index contributed by atoms with van der Waals surface area (Å²) in [4.78, 5) is 3.97. The van der Waals surface area contributed by atoms with Gasteiger partial charge in [0, 0.05) is 6.20 Å². The number of hydrogen-bond donors (Lipinski definition) is 2. The number of nitrogen functional groups attached to an aromatic ring is 1. The molecule has 3 N–H and O–H groups in total. The maximum absolute atomic E-state index is 9.46. The predicted molar refractivity (Wildman–Crippen MR) is 48.6 cm³/mol. The Labute approximate surface area is 72.2 Å². The highest BCUT2D eigenvalue weighted by Gasteiger charge is 2.05. The maximum atomic E-state index is 9.46. The number of nitrogens with zero attached hydrogens (tertiary/aromatic N) is 1. The summed E-state index contributed by atoms with van der Waals surface area (Å²) in [6.45, 7) is 3.81. The van der Waals surface area contributed by atoms with Crippen molar-refractivity contribution in [2.45, 2.75) is 26.4 Å². The van der Waals surface area contributed by atoms with Crippen LogP contribution in [-0.4, -0.2) is 10.1 Å². The molecule has 0 aliphatic rings. The maximum Gasteiger partial charge on any atom is 0.126 e. The summed E-state index contributed by atoms with van der Waals surface area (Å²) in [7, 11) is 0. The van der Waals surface area contributed by atoms with Gasteiger partial charge in [0.1, 0.15) is 5.82 Å². The lowest BCUT2D eigenvalue weighted by Crippen LogP contribution is -2.00. The van der Waals surface area contributed by atoms with Gasteiger partial charge in [0.15, 0.2) is 0 Å². The van der Waals surface area contributed by atoms with Gasteiger partial charge in [0.2, 0.25) is 0 Å². The van der Waals surface area contributed by atoms with Gasteiger partial charge < -0.3 is 10.8 Å². The predicted octanol–water partition coefficient (Wildman–Crippen LogP) is 1.42. The SMILES string of the molecule is CC[C@H](O)c1cnc(N)c(C)c1. The lowest BCUT2D eigenvalue weighted by Gasteiger charge is -2.08. The molecule has 1 aromatic rings. The van der Waals surface area contributed by atoms with Crippen LogP contribution in [0.1, 0.15) is 30.6 Å². The number of aryl methyl sites for hydroxylation is 1. The van der Waals surface area contributed by atoms with E-state index < -0.39 is 6.10 Å². The first-order valence-electron chi connectivity index (χ1n) is 4.05. The van der Waals surface area contributed by atoms with E-state index in [0.29, 0.717) is 12.2 Å². The third-order valence-electron chi connectivity index (χ3n) is 1.91. The number of aromatic nitrogens is 1. The third kappa shape index (κ3) is 1.74. The molecule has 0 saturated carbocycles. The fraction of sp³-hybridized carbons (Fsp3) is 0.444. The van der Waals surface area contributed by atoms with Crippen LogP contribution in [0.3, 0.4) is 0 Å². The van der Waals surface area contributed by atoms with Crippen molar-refractivity contribution in [3.05, 3.63) is 23.4 Å². The van der Waals surface area contributed by atoms with Crippen molar-refractivity contribution in [1.82, 2.24) is 4.98 Å². The Morgan fingerprint density at radius 3 is 2.83 bits per heavy atom. The molecule has 0 unspecified atom stereocenters. The lowest BCUT2D eigenvalue weighted by molar-refractivity contribution is 0.173. The molecule has 0 aliphatic carbocycles. The zero-order chi connectivity index (χ0) is 9.14. The smallest absolute Gasteiger partial charge is 0.126 e. The monoisotopic (exact) mass is 166 g/mol. The number of rotatable bonds is 2. The van der Waals surface area contributed by atoms with E-state index in [2.05, 4.69) is 4.98 Å². The van der Waals surface area contributed by atoms with Crippen molar-refractivity contribution >= 4 is 5.82 Å². The molecule has 0 bridgehead atoms. The first-order chi connectivity index (χ1) is 5.65. The second kappa shape index (κ2) is 3.54. The molecular formula is C9H14N2O. The van der Waals surface area contributed by atoms with Crippen LogP contribution >= 0.6 is 0 Å². The summed E-state index contributed by atoms with van der Waals surface area (Å²) in [6, 6.07) is 1.87. The minimum absolute atomic E-state index is 0.420. The summed E-state index contributed by atoms with van der Waals surface area (Å²) < 4.78 is 0. The molecule has 12 heavy (non-hydrogen) atoms. The number of aliphatic hydroxyl groups is 1. The van der Waals surface area contributed by atoms with E-state index in [9.17, 15) is 5.11 Å². The average Bonchev–Trinajstić information content (AvgIpc) is 2.08. The zero-order valence-electron chi connectivity index (χ0n) is 7.41. The first-order valence-corrected chi connectivity index (χ1v) is 4.05. The Morgan fingerprint density at radius 1 is 1.67 bits per heavy atom. The Kier molecular flexibility index (Phi) is 2.65. The normalized spacial score (nSPS) is 12.9. The Morgan fingerprint density at radius 2 is 2.33 bits per heavy atom. The summed E-state index contributed by atoms with van der Waals surface area (Å²) in [5.41, 5.74) is 7.29. The molecule has 0 aliphatic heterocycles. The molecule has 0 aromatic carbocycles. The molecule has 0 radical (unpaired) electrons. The largest absolute Gasteiger partial charge is 0.388 e. The van der Waals surface area contributed by atoms with Gasteiger partial charge >= 0.3 is 0 Å². The van der Waals surface area contributed by atoms with Gasteiger partial charge in [-0.05, 0) is 30.5 Å². The van der Waals surface area contributed by atoms with Gasteiger partial charge in [-0.2, -0.15) is 0 Å². The van der Waals surface area contributed by atoms with E-state index in [4.69, 9.17) is 5.73 Å². The van der Waals surface area contributed by atoms with Crippen LogP contribution in [0, 0.1) is 6.92 Å². The third-order valence-corrected chi connectivity index (χ3v) is 1.91. The van der Waals surface area contributed by atoms with E-state index in [0.717, 1.165) is 11.1 Å². The van der Waals surface area contributed by atoms with Crippen LogP contribution in [0.5, 0.6) is 0 Å². The molecule has 3 heteroatoms. The quantitative estimate of drug-likeness (QED) is 0.698. The molecule has 0 amide bonds. The van der Waals surface area contributed by atoms with Crippen molar-refractivity contribution in [3.63, 3.8) is 0 Å². The lowest BCUT2D eigenvalue weighted by atomic mass is 10.1. The van der Waals surface area contributed by atoms with E-state index in [-0.39, 0.29) is 0 Å². The van der Waals surface area contributed by atoms with E-state index in [1.54, 1.807) is 6.20 Å². The molecule has 66 valence electrons. The molecule has 3 nitrogen and oxygen atoms in total. The van der Waals surface area contributed by atoms with Gasteiger partial charge in [-0.15, -0.1) is 0 Å². The van der Waals surface area contributed by atoms with E-state index in [1.807, 2.05) is 19.9 Å². The van der Waals surface area contributed by atoms with Gasteiger partial charge in [0.05, 0.1) is 6.10 Å². The Hall–Kier alpha value is -1.09. The molecule has 0 spiro atoms. The highest BCUT2D eigenvalue weighted by atomic mass is 16.3. The van der Waals surface area contributed by atoms with Crippen molar-refractivity contribution in [2.75, 3.05) is 5.73 Å². The summed E-state index contributed by atoms with van der Waals surface area (Å²) >= 11 is 0. The summed E-state index contributed by atoms with van der Waals surface area (Å²) in [5, 5.41) is 9.46. The van der Waals surface area contributed by atoms with Gasteiger partial charge in [-0.25, -0.2) is 4.98 Å². The van der Waals surface area contributed by atoms with Crippen molar-refractivity contribution in [1.29, 1.82) is 0 Å². The average molecular weight is 166 g/mol. The highest BCUT2D eigenvalue weighted by molar-refractivity contribution is 5.40. The molecule has 0 saturated heterocycles. The van der Waals surface area contributed by atoms with Crippen LogP contribution in [-0.2, 0) is 0 Å². The first kappa shape index (κ1) is 9.00.